The van der Waals surface area contributed by atoms with Crippen LogP contribution in [0.15, 0.2) is 48.8 Å². The summed E-state index contributed by atoms with van der Waals surface area (Å²) in [6.45, 7) is 0.251. The van der Waals surface area contributed by atoms with E-state index in [0.29, 0.717) is 22.1 Å². The Morgan fingerprint density at radius 2 is 2.05 bits per heavy atom. The van der Waals surface area contributed by atoms with Gasteiger partial charge in [-0.05, 0) is 36.4 Å². The molecule has 3 N–H and O–H groups in total. The SMILES string of the molecule is O=C(NCc1cn2cccc(O)c2n1)Nc1ccc(Cl)cc1. The molecule has 0 aliphatic carbocycles. The van der Waals surface area contributed by atoms with Crippen LogP contribution in [-0.2, 0) is 6.54 Å². The Balaban J connectivity index is 1.62. The summed E-state index contributed by atoms with van der Waals surface area (Å²) in [5, 5.41) is 15.7. The first kappa shape index (κ1) is 14.2. The monoisotopic (exact) mass is 316 g/mol. The standard InChI is InChI=1S/C15H13ClN4O2/c16-10-3-5-11(6-4-10)19-15(22)17-8-12-9-20-7-1-2-13(21)14(20)18-12/h1-7,9,21H,8H2,(H2,17,19,22). The second-order valence-corrected chi connectivity index (χ2v) is 5.11. The quantitative estimate of drug-likeness (QED) is 0.695. The first-order valence-corrected chi connectivity index (χ1v) is 6.95. The molecule has 0 aliphatic rings. The molecule has 2 amide bonds. The van der Waals surface area contributed by atoms with E-state index in [1.165, 1.54) is 0 Å². The number of carbonyl (C=O) groups excluding carboxylic acids is 1. The molecule has 1 aromatic carbocycles. The predicted molar refractivity (Wildman–Crippen MR) is 84.2 cm³/mol. The number of aromatic nitrogens is 2. The Bertz CT molecular complexity index is 814. The van der Waals surface area contributed by atoms with Gasteiger partial charge in [0.05, 0.1) is 12.2 Å². The number of hydrogen-bond donors (Lipinski definition) is 3. The lowest BCUT2D eigenvalue weighted by Gasteiger charge is -2.06. The largest absolute Gasteiger partial charge is 0.504 e. The van der Waals surface area contributed by atoms with E-state index in [4.69, 9.17) is 11.6 Å². The molecule has 22 heavy (non-hydrogen) atoms. The summed E-state index contributed by atoms with van der Waals surface area (Å²) >= 11 is 5.78. The maximum Gasteiger partial charge on any atom is 0.319 e. The highest BCUT2D eigenvalue weighted by Gasteiger charge is 2.07. The van der Waals surface area contributed by atoms with Crippen molar-refractivity contribution in [2.24, 2.45) is 0 Å². The molecule has 0 aliphatic heterocycles. The normalized spacial score (nSPS) is 10.6. The molecule has 3 aromatic rings. The van der Waals surface area contributed by atoms with Crippen LogP contribution in [0.1, 0.15) is 5.69 Å². The van der Waals surface area contributed by atoms with Crippen LogP contribution in [0.5, 0.6) is 5.75 Å². The number of fused-ring (bicyclic) bond motifs is 1. The minimum absolute atomic E-state index is 0.0966. The number of carbonyl (C=O) groups is 1. The lowest BCUT2D eigenvalue weighted by atomic mass is 10.3. The van der Waals surface area contributed by atoms with Gasteiger partial charge in [-0.15, -0.1) is 0 Å². The van der Waals surface area contributed by atoms with E-state index in [1.807, 2.05) is 0 Å². The Morgan fingerprint density at radius 3 is 2.77 bits per heavy atom. The van der Waals surface area contributed by atoms with Gasteiger partial charge in [-0.2, -0.15) is 0 Å². The number of benzene rings is 1. The number of pyridine rings is 1. The Hall–Kier alpha value is -2.73. The molecule has 3 rings (SSSR count). The van der Waals surface area contributed by atoms with Gasteiger partial charge in [0.15, 0.2) is 11.4 Å². The zero-order chi connectivity index (χ0) is 15.5. The van der Waals surface area contributed by atoms with Crippen molar-refractivity contribution in [2.75, 3.05) is 5.32 Å². The molecule has 7 heteroatoms. The van der Waals surface area contributed by atoms with Gasteiger partial charge in [-0.1, -0.05) is 11.6 Å². The van der Waals surface area contributed by atoms with Gasteiger partial charge < -0.3 is 20.1 Å². The summed E-state index contributed by atoms with van der Waals surface area (Å²) in [4.78, 5) is 16.1. The Morgan fingerprint density at radius 1 is 1.27 bits per heavy atom. The second-order valence-electron chi connectivity index (χ2n) is 4.67. The fraction of sp³-hybridized carbons (Fsp3) is 0.0667. The number of imidazole rings is 1. The van der Waals surface area contributed by atoms with E-state index in [-0.39, 0.29) is 18.3 Å². The number of rotatable bonds is 3. The van der Waals surface area contributed by atoms with E-state index in [2.05, 4.69) is 15.6 Å². The number of aromatic hydroxyl groups is 1. The van der Waals surface area contributed by atoms with Crippen LogP contribution in [0, 0.1) is 0 Å². The number of amides is 2. The van der Waals surface area contributed by atoms with Crippen LogP contribution in [0.2, 0.25) is 5.02 Å². The molecule has 0 fully saturated rings. The zero-order valence-electron chi connectivity index (χ0n) is 11.5. The summed E-state index contributed by atoms with van der Waals surface area (Å²) < 4.78 is 1.70. The van der Waals surface area contributed by atoms with Crippen molar-refractivity contribution in [2.45, 2.75) is 6.54 Å². The van der Waals surface area contributed by atoms with E-state index in [1.54, 1.807) is 53.2 Å². The van der Waals surface area contributed by atoms with Crippen LogP contribution in [-0.4, -0.2) is 20.5 Å². The highest BCUT2D eigenvalue weighted by atomic mass is 35.5. The Labute approximate surface area is 131 Å². The van der Waals surface area contributed by atoms with Crippen LogP contribution in [0.3, 0.4) is 0 Å². The molecular formula is C15H13ClN4O2. The summed E-state index contributed by atoms with van der Waals surface area (Å²) in [6, 6.07) is 9.75. The van der Waals surface area contributed by atoms with Gasteiger partial charge >= 0.3 is 6.03 Å². The van der Waals surface area contributed by atoms with Crippen molar-refractivity contribution in [1.29, 1.82) is 0 Å². The molecule has 0 unspecified atom stereocenters. The number of nitrogens with one attached hydrogen (secondary N) is 2. The van der Waals surface area contributed by atoms with Gasteiger partial charge in [0, 0.05) is 23.1 Å². The fourth-order valence-corrected chi connectivity index (χ4v) is 2.14. The van der Waals surface area contributed by atoms with E-state index in [9.17, 15) is 9.90 Å². The smallest absolute Gasteiger partial charge is 0.319 e. The van der Waals surface area contributed by atoms with Crippen molar-refractivity contribution in [3.05, 3.63) is 59.5 Å². The molecule has 0 saturated heterocycles. The number of nitrogens with zero attached hydrogens (tertiary/aromatic N) is 2. The molecule has 0 radical (unpaired) electrons. The van der Waals surface area contributed by atoms with E-state index >= 15 is 0 Å². The number of halogens is 1. The van der Waals surface area contributed by atoms with Crippen molar-refractivity contribution in [1.82, 2.24) is 14.7 Å². The van der Waals surface area contributed by atoms with Gasteiger partial charge in [-0.3, -0.25) is 0 Å². The third kappa shape index (κ3) is 3.12. The van der Waals surface area contributed by atoms with Gasteiger partial charge in [-0.25, -0.2) is 9.78 Å². The average Bonchev–Trinajstić information content (AvgIpc) is 2.92. The first-order valence-electron chi connectivity index (χ1n) is 6.58. The van der Waals surface area contributed by atoms with Crippen molar-refractivity contribution in [3.8, 4) is 5.75 Å². The highest BCUT2D eigenvalue weighted by molar-refractivity contribution is 6.30. The van der Waals surface area contributed by atoms with Gasteiger partial charge in [0.1, 0.15) is 0 Å². The van der Waals surface area contributed by atoms with Crippen LogP contribution < -0.4 is 10.6 Å². The summed E-state index contributed by atoms with van der Waals surface area (Å²) in [5.74, 6) is 0.0966. The third-order valence-corrected chi connectivity index (χ3v) is 3.30. The maximum atomic E-state index is 11.8. The van der Waals surface area contributed by atoms with Crippen molar-refractivity contribution < 1.29 is 9.90 Å². The minimum atomic E-state index is -0.344. The lowest BCUT2D eigenvalue weighted by Crippen LogP contribution is -2.28. The fourth-order valence-electron chi connectivity index (χ4n) is 2.01. The summed E-state index contributed by atoms with van der Waals surface area (Å²) in [5.41, 5.74) is 1.75. The Kier molecular flexibility index (Phi) is 3.84. The third-order valence-electron chi connectivity index (χ3n) is 3.04. The molecule has 0 spiro atoms. The average molecular weight is 317 g/mol. The molecule has 112 valence electrons. The van der Waals surface area contributed by atoms with Gasteiger partial charge in [0.25, 0.3) is 0 Å². The summed E-state index contributed by atoms with van der Waals surface area (Å²) in [7, 11) is 0. The first-order chi connectivity index (χ1) is 10.6. The lowest BCUT2D eigenvalue weighted by molar-refractivity contribution is 0.251. The maximum absolute atomic E-state index is 11.8. The van der Waals surface area contributed by atoms with Crippen molar-refractivity contribution >= 4 is 29.0 Å². The van der Waals surface area contributed by atoms with Crippen LogP contribution >= 0.6 is 11.6 Å². The molecule has 6 nitrogen and oxygen atoms in total. The second kappa shape index (κ2) is 5.95. The van der Waals surface area contributed by atoms with Crippen LogP contribution in [0.25, 0.3) is 5.65 Å². The molecule has 0 bridgehead atoms. The van der Waals surface area contributed by atoms with Crippen LogP contribution in [0.4, 0.5) is 10.5 Å². The minimum Gasteiger partial charge on any atom is -0.504 e. The number of urea groups is 1. The van der Waals surface area contributed by atoms with Crippen molar-refractivity contribution in [3.63, 3.8) is 0 Å². The van der Waals surface area contributed by atoms with E-state index < -0.39 is 0 Å². The molecule has 2 heterocycles. The molecular weight excluding hydrogens is 304 g/mol. The van der Waals surface area contributed by atoms with E-state index in [0.717, 1.165) is 0 Å². The molecule has 0 atom stereocenters. The summed E-state index contributed by atoms with van der Waals surface area (Å²) in [6.07, 6.45) is 3.52. The highest BCUT2D eigenvalue weighted by Crippen LogP contribution is 2.17. The van der Waals surface area contributed by atoms with Gasteiger partial charge in [0.2, 0.25) is 0 Å². The predicted octanol–water partition coefficient (Wildman–Crippen LogP) is 3.02. The molecule has 2 aromatic heterocycles. The topological polar surface area (TPSA) is 78.7 Å². The number of anilines is 1. The molecule has 0 saturated carbocycles. The zero-order valence-corrected chi connectivity index (χ0v) is 12.2. The number of hydrogen-bond acceptors (Lipinski definition) is 3.